The molecular weight excluding hydrogens is 320 g/mol. The van der Waals surface area contributed by atoms with Crippen molar-refractivity contribution in [2.75, 3.05) is 13.1 Å². The van der Waals surface area contributed by atoms with Crippen LogP contribution in [0.2, 0.25) is 0 Å². The first-order valence-electron chi connectivity index (χ1n) is 7.41. The van der Waals surface area contributed by atoms with E-state index in [0.29, 0.717) is 12.5 Å². The summed E-state index contributed by atoms with van der Waals surface area (Å²) in [6.07, 6.45) is 0. The van der Waals surface area contributed by atoms with Crippen LogP contribution in [-0.4, -0.2) is 13.1 Å². The molecule has 0 aromatic heterocycles. The van der Waals surface area contributed by atoms with Crippen molar-refractivity contribution in [3.05, 3.63) is 71.3 Å². The summed E-state index contributed by atoms with van der Waals surface area (Å²) in [5.74, 6) is -0.0952. The summed E-state index contributed by atoms with van der Waals surface area (Å²) < 4.78 is 26.1. The molecule has 3 nitrogen and oxygen atoms in total. The second-order valence-corrected chi connectivity index (χ2v) is 5.58. The molecule has 2 aromatic rings. The monoisotopic (exact) mass is 339 g/mol. The fourth-order valence-electron chi connectivity index (χ4n) is 2.80. The summed E-state index contributed by atoms with van der Waals surface area (Å²) in [7, 11) is 0. The smallest absolute Gasteiger partial charge is 0.123 e. The first kappa shape index (κ1) is 17.8. The second kappa shape index (κ2) is 8.36. The highest BCUT2D eigenvalue weighted by molar-refractivity contribution is 5.85. The molecule has 1 fully saturated rings. The molecule has 1 aliphatic rings. The molecule has 1 aliphatic heterocycles. The van der Waals surface area contributed by atoms with E-state index in [1.165, 1.54) is 24.3 Å². The van der Waals surface area contributed by atoms with E-state index in [1.54, 1.807) is 18.2 Å². The van der Waals surface area contributed by atoms with Gasteiger partial charge < -0.3 is 5.32 Å². The SMILES string of the molecule is Cl.Fc1ccc(C2NNCC2CNCc2cccc(F)c2)cc1. The van der Waals surface area contributed by atoms with Crippen LogP contribution in [0.3, 0.4) is 0 Å². The van der Waals surface area contributed by atoms with E-state index < -0.39 is 0 Å². The predicted octanol–water partition coefficient (Wildman–Crippen LogP) is 2.94. The summed E-state index contributed by atoms with van der Waals surface area (Å²) in [4.78, 5) is 0. The van der Waals surface area contributed by atoms with Crippen LogP contribution in [0.15, 0.2) is 48.5 Å². The number of benzene rings is 2. The quantitative estimate of drug-likeness (QED) is 0.784. The van der Waals surface area contributed by atoms with E-state index >= 15 is 0 Å². The normalized spacial score (nSPS) is 20.3. The Hall–Kier alpha value is -1.53. The van der Waals surface area contributed by atoms with E-state index in [0.717, 1.165) is 24.2 Å². The van der Waals surface area contributed by atoms with Gasteiger partial charge in [0.05, 0.1) is 6.04 Å². The number of nitrogens with one attached hydrogen (secondary N) is 3. The zero-order valence-electron chi connectivity index (χ0n) is 12.6. The molecule has 3 N–H and O–H groups in total. The maximum absolute atomic E-state index is 13.1. The maximum atomic E-state index is 13.1. The van der Waals surface area contributed by atoms with Crippen LogP contribution < -0.4 is 16.2 Å². The van der Waals surface area contributed by atoms with Crippen LogP contribution in [0.25, 0.3) is 0 Å². The number of hydrogen-bond acceptors (Lipinski definition) is 3. The zero-order valence-corrected chi connectivity index (χ0v) is 13.4. The Morgan fingerprint density at radius 1 is 1.04 bits per heavy atom. The van der Waals surface area contributed by atoms with Crippen molar-refractivity contribution < 1.29 is 8.78 Å². The minimum Gasteiger partial charge on any atom is -0.312 e. The highest BCUT2D eigenvalue weighted by Crippen LogP contribution is 2.24. The van der Waals surface area contributed by atoms with E-state index in [-0.39, 0.29) is 30.1 Å². The third kappa shape index (κ3) is 4.72. The highest BCUT2D eigenvalue weighted by Gasteiger charge is 2.27. The van der Waals surface area contributed by atoms with Crippen molar-refractivity contribution in [3.8, 4) is 0 Å². The van der Waals surface area contributed by atoms with E-state index in [4.69, 9.17) is 0 Å². The van der Waals surface area contributed by atoms with Crippen molar-refractivity contribution in [2.45, 2.75) is 12.6 Å². The topological polar surface area (TPSA) is 36.1 Å². The predicted molar refractivity (Wildman–Crippen MR) is 89.1 cm³/mol. The lowest BCUT2D eigenvalue weighted by atomic mass is 9.95. The number of halogens is 3. The van der Waals surface area contributed by atoms with E-state index in [9.17, 15) is 8.78 Å². The summed E-state index contributed by atoms with van der Waals surface area (Å²) in [5, 5.41) is 3.36. The van der Waals surface area contributed by atoms with Crippen LogP contribution in [0, 0.1) is 17.6 Å². The third-order valence-corrected chi connectivity index (χ3v) is 3.95. The van der Waals surface area contributed by atoms with Gasteiger partial charge in [0.1, 0.15) is 11.6 Å². The summed E-state index contributed by atoms with van der Waals surface area (Å²) in [6.45, 7) is 2.25. The summed E-state index contributed by atoms with van der Waals surface area (Å²) in [6, 6.07) is 13.3. The molecule has 23 heavy (non-hydrogen) atoms. The third-order valence-electron chi connectivity index (χ3n) is 3.95. The van der Waals surface area contributed by atoms with E-state index in [2.05, 4.69) is 16.2 Å². The van der Waals surface area contributed by atoms with Gasteiger partial charge in [0, 0.05) is 25.6 Å². The zero-order chi connectivity index (χ0) is 15.4. The molecule has 0 spiro atoms. The molecular formula is C17H20ClF2N3. The fraction of sp³-hybridized carbons (Fsp3) is 0.294. The van der Waals surface area contributed by atoms with E-state index in [1.807, 2.05) is 6.07 Å². The Labute approximate surface area is 140 Å². The largest absolute Gasteiger partial charge is 0.312 e. The van der Waals surface area contributed by atoms with Gasteiger partial charge in [-0.15, -0.1) is 12.4 Å². The second-order valence-electron chi connectivity index (χ2n) is 5.58. The molecule has 0 aliphatic carbocycles. The molecule has 6 heteroatoms. The van der Waals surface area contributed by atoms with Crippen molar-refractivity contribution in [1.29, 1.82) is 0 Å². The molecule has 0 amide bonds. The van der Waals surface area contributed by atoms with Gasteiger partial charge in [-0.2, -0.15) is 0 Å². The van der Waals surface area contributed by atoms with Crippen LogP contribution in [0.4, 0.5) is 8.78 Å². The summed E-state index contributed by atoms with van der Waals surface area (Å²) >= 11 is 0. The highest BCUT2D eigenvalue weighted by atomic mass is 35.5. The van der Waals surface area contributed by atoms with Gasteiger partial charge in [-0.25, -0.2) is 14.2 Å². The Morgan fingerprint density at radius 2 is 1.83 bits per heavy atom. The molecule has 0 saturated carbocycles. The van der Waals surface area contributed by atoms with Crippen molar-refractivity contribution >= 4 is 12.4 Å². The molecule has 0 bridgehead atoms. The first-order chi connectivity index (χ1) is 10.7. The minimum atomic E-state index is -0.226. The van der Waals surface area contributed by atoms with Gasteiger partial charge in [0.25, 0.3) is 0 Å². The summed E-state index contributed by atoms with van der Waals surface area (Å²) in [5.41, 5.74) is 8.36. The molecule has 2 aromatic carbocycles. The van der Waals surface area contributed by atoms with Gasteiger partial charge >= 0.3 is 0 Å². The minimum absolute atomic E-state index is 0. The van der Waals surface area contributed by atoms with Crippen LogP contribution in [0.1, 0.15) is 17.2 Å². The molecule has 3 rings (SSSR count). The fourth-order valence-corrected chi connectivity index (χ4v) is 2.80. The molecule has 2 atom stereocenters. The maximum Gasteiger partial charge on any atom is 0.123 e. The number of hydrazine groups is 1. The Morgan fingerprint density at radius 3 is 2.57 bits per heavy atom. The molecule has 1 heterocycles. The van der Waals surface area contributed by atoms with Gasteiger partial charge in [0.2, 0.25) is 0 Å². The number of hydrogen-bond donors (Lipinski definition) is 3. The van der Waals surface area contributed by atoms with Crippen molar-refractivity contribution in [3.63, 3.8) is 0 Å². The van der Waals surface area contributed by atoms with Crippen LogP contribution >= 0.6 is 12.4 Å². The van der Waals surface area contributed by atoms with Gasteiger partial charge in [-0.1, -0.05) is 24.3 Å². The van der Waals surface area contributed by atoms with Gasteiger partial charge in [0.15, 0.2) is 0 Å². The Balaban J connectivity index is 0.00000192. The average Bonchev–Trinajstić information content (AvgIpc) is 2.97. The standard InChI is InChI=1S/C17H19F2N3.ClH/c18-15-6-4-13(5-7-15)17-14(11-21-22-17)10-20-9-12-2-1-3-16(19)8-12;/h1-8,14,17,20-22H,9-11H2;1H. The molecule has 2 unspecified atom stereocenters. The van der Waals surface area contributed by atoms with Gasteiger partial charge in [-0.05, 0) is 35.4 Å². The van der Waals surface area contributed by atoms with Crippen LogP contribution in [-0.2, 0) is 6.54 Å². The van der Waals surface area contributed by atoms with Crippen LogP contribution in [0.5, 0.6) is 0 Å². The lowest BCUT2D eigenvalue weighted by molar-refractivity contribution is 0.441. The average molecular weight is 340 g/mol. The van der Waals surface area contributed by atoms with Crippen molar-refractivity contribution in [2.24, 2.45) is 5.92 Å². The number of rotatable bonds is 5. The Bertz CT molecular complexity index is 621. The van der Waals surface area contributed by atoms with Crippen molar-refractivity contribution in [1.82, 2.24) is 16.2 Å². The lowest BCUT2D eigenvalue weighted by Crippen LogP contribution is -2.28. The lowest BCUT2D eigenvalue weighted by Gasteiger charge is -2.19. The first-order valence-corrected chi connectivity index (χ1v) is 7.41. The molecule has 0 radical (unpaired) electrons. The molecule has 1 saturated heterocycles. The molecule has 124 valence electrons. The Kier molecular flexibility index (Phi) is 6.47. The van der Waals surface area contributed by atoms with Gasteiger partial charge in [-0.3, -0.25) is 5.43 Å².